The molecular formula is C14H9N5O5. The van der Waals surface area contributed by atoms with Gasteiger partial charge in [-0.25, -0.2) is 0 Å². The first-order valence-corrected chi connectivity index (χ1v) is 6.61. The van der Waals surface area contributed by atoms with E-state index >= 15 is 0 Å². The molecule has 0 aliphatic carbocycles. The highest BCUT2D eigenvalue weighted by atomic mass is 16.6. The van der Waals surface area contributed by atoms with Crippen molar-refractivity contribution in [3.05, 3.63) is 62.7 Å². The third-order valence-electron chi connectivity index (χ3n) is 3.27. The van der Waals surface area contributed by atoms with E-state index < -0.39 is 9.85 Å². The zero-order valence-corrected chi connectivity index (χ0v) is 11.9. The number of nitrogens with one attached hydrogen (secondary N) is 1. The molecule has 0 unspecified atom stereocenters. The van der Waals surface area contributed by atoms with Crippen LogP contribution in [0.2, 0.25) is 0 Å². The molecule has 0 spiro atoms. The van der Waals surface area contributed by atoms with Gasteiger partial charge in [-0.2, -0.15) is 5.11 Å². The molecule has 10 nitrogen and oxygen atoms in total. The Labute approximate surface area is 133 Å². The summed E-state index contributed by atoms with van der Waals surface area (Å²) in [4.78, 5) is 23.0. The molecule has 2 aromatic carbocycles. The Morgan fingerprint density at radius 1 is 0.917 bits per heavy atom. The molecule has 2 N–H and O–H groups in total. The molecule has 0 aliphatic rings. The van der Waals surface area contributed by atoms with Crippen molar-refractivity contribution in [1.29, 1.82) is 0 Å². The molecular weight excluding hydrogens is 318 g/mol. The van der Waals surface area contributed by atoms with Crippen molar-refractivity contribution < 1.29 is 15.0 Å². The minimum atomic E-state index is -0.555. The van der Waals surface area contributed by atoms with Gasteiger partial charge in [0.15, 0.2) is 5.69 Å². The van der Waals surface area contributed by atoms with Crippen LogP contribution in [0.1, 0.15) is 0 Å². The van der Waals surface area contributed by atoms with Crippen molar-refractivity contribution in [2.75, 3.05) is 0 Å². The number of benzene rings is 2. The average molecular weight is 327 g/mol. The fourth-order valence-corrected chi connectivity index (χ4v) is 2.12. The molecule has 0 bridgehead atoms. The maximum Gasteiger partial charge on any atom is 0.270 e. The lowest BCUT2D eigenvalue weighted by atomic mass is 10.2. The van der Waals surface area contributed by atoms with E-state index in [1.54, 1.807) is 0 Å². The lowest BCUT2D eigenvalue weighted by molar-refractivity contribution is -0.385. The van der Waals surface area contributed by atoms with E-state index in [0.717, 1.165) is 0 Å². The molecule has 0 aliphatic heterocycles. The predicted molar refractivity (Wildman–Crippen MR) is 83.9 cm³/mol. The summed E-state index contributed by atoms with van der Waals surface area (Å²) in [5.74, 6) is -0.281. The number of fused-ring (bicyclic) bond motifs is 1. The van der Waals surface area contributed by atoms with E-state index in [1.807, 2.05) is 0 Å². The van der Waals surface area contributed by atoms with Gasteiger partial charge in [0.05, 0.1) is 21.1 Å². The quantitative estimate of drug-likeness (QED) is 0.420. The number of nitro groups is 2. The molecule has 0 radical (unpaired) electrons. The predicted octanol–water partition coefficient (Wildman–Crippen LogP) is 4.11. The second-order valence-corrected chi connectivity index (χ2v) is 4.78. The zero-order chi connectivity index (χ0) is 17.3. The molecule has 3 aromatic rings. The summed E-state index contributed by atoms with van der Waals surface area (Å²) in [5, 5.41) is 39.5. The van der Waals surface area contributed by atoms with Gasteiger partial charge in [0.25, 0.3) is 11.4 Å². The van der Waals surface area contributed by atoms with Crippen LogP contribution >= 0.6 is 0 Å². The van der Waals surface area contributed by atoms with Crippen LogP contribution in [0.4, 0.5) is 22.7 Å². The van der Waals surface area contributed by atoms with Crippen LogP contribution in [0, 0.1) is 20.2 Å². The maximum atomic E-state index is 10.9. The molecule has 0 fully saturated rings. The number of nitrogens with zero attached hydrogens (tertiary/aromatic N) is 4. The van der Waals surface area contributed by atoms with Gasteiger partial charge in [-0.3, -0.25) is 20.2 Å². The largest absolute Gasteiger partial charge is 0.493 e. The Kier molecular flexibility index (Phi) is 3.62. The monoisotopic (exact) mass is 327 g/mol. The number of azo groups is 1. The van der Waals surface area contributed by atoms with Crippen molar-refractivity contribution in [1.82, 2.24) is 4.98 Å². The fraction of sp³-hybridized carbons (Fsp3) is 0. The summed E-state index contributed by atoms with van der Waals surface area (Å²) < 4.78 is 0. The van der Waals surface area contributed by atoms with Crippen molar-refractivity contribution in [2.45, 2.75) is 0 Å². The molecule has 0 atom stereocenters. The second kappa shape index (κ2) is 5.76. The molecule has 0 amide bonds. The molecule has 0 saturated carbocycles. The topological polar surface area (TPSA) is 147 Å². The number of H-pyrrole nitrogens is 1. The van der Waals surface area contributed by atoms with Gasteiger partial charge in [-0.05, 0) is 18.2 Å². The van der Waals surface area contributed by atoms with Gasteiger partial charge in [0.2, 0.25) is 5.88 Å². The van der Waals surface area contributed by atoms with Crippen LogP contribution in [-0.4, -0.2) is 19.9 Å². The van der Waals surface area contributed by atoms with Crippen LogP contribution in [0.15, 0.2) is 52.7 Å². The summed E-state index contributed by atoms with van der Waals surface area (Å²) >= 11 is 0. The molecule has 3 rings (SSSR count). The standard InChI is InChI=1S/C14H9N5O5/c20-14-13(11-7-10(19(23)24)5-6-12(11)15-14)17-16-8-1-3-9(4-2-8)18(21)22/h1-7,15,20H. The van der Waals surface area contributed by atoms with Gasteiger partial charge in [-0.15, -0.1) is 5.11 Å². The Bertz CT molecular complexity index is 977. The Morgan fingerprint density at radius 2 is 1.54 bits per heavy atom. The number of rotatable bonds is 4. The second-order valence-electron chi connectivity index (χ2n) is 4.78. The van der Waals surface area contributed by atoms with Crippen molar-refractivity contribution in [3.8, 4) is 5.88 Å². The average Bonchev–Trinajstić information content (AvgIpc) is 2.87. The smallest absolute Gasteiger partial charge is 0.270 e. The fourth-order valence-electron chi connectivity index (χ4n) is 2.12. The first-order chi connectivity index (χ1) is 11.5. The molecule has 120 valence electrons. The number of non-ortho nitro benzene ring substituents is 2. The highest BCUT2D eigenvalue weighted by Gasteiger charge is 2.15. The summed E-state index contributed by atoms with van der Waals surface area (Å²) in [6.07, 6.45) is 0. The third kappa shape index (κ3) is 2.75. The van der Waals surface area contributed by atoms with Crippen LogP contribution < -0.4 is 0 Å². The number of aromatic hydroxyl groups is 1. The molecule has 1 heterocycles. The van der Waals surface area contributed by atoms with E-state index in [-0.39, 0.29) is 22.9 Å². The summed E-state index contributed by atoms with van der Waals surface area (Å²) in [6, 6.07) is 9.37. The Hall–Kier alpha value is -3.82. The minimum absolute atomic E-state index is 0.0482. The number of hydrogen-bond acceptors (Lipinski definition) is 7. The van der Waals surface area contributed by atoms with Crippen molar-refractivity contribution >= 4 is 33.7 Å². The molecule has 10 heteroatoms. The molecule has 24 heavy (non-hydrogen) atoms. The Balaban J connectivity index is 1.99. The lowest BCUT2D eigenvalue weighted by Gasteiger charge is -1.94. The van der Waals surface area contributed by atoms with Gasteiger partial charge < -0.3 is 10.1 Å². The normalized spacial score (nSPS) is 11.2. The highest BCUT2D eigenvalue weighted by Crippen LogP contribution is 2.38. The van der Waals surface area contributed by atoms with Crippen LogP contribution in [0.3, 0.4) is 0 Å². The summed E-state index contributed by atoms with van der Waals surface area (Å²) in [6.45, 7) is 0. The molecule has 0 saturated heterocycles. The maximum absolute atomic E-state index is 10.9. The van der Waals surface area contributed by atoms with Crippen molar-refractivity contribution in [3.63, 3.8) is 0 Å². The number of aromatic amines is 1. The summed E-state index contributed by atoms with van der Waals surface area (Å²) in [7, 11) is 0. The van der Waals surface area contributed by atoms with E-state index in [4.69, 9.17) is 0 Å². The van der Waals surface area contributed by atoms with Crippen molar-refractivity contribution in [2.24, 2.45) is 10.2 Å². The highest BCUT2D eigenvalue weighted by molar-refractivity contribution is 5.95. The first-order valence-electron chi connectivity index (χ1n) is 6.61. The van der Waals surface area contributed by atoms with E-state index in [1.165, 1.54) is 42.5 Å². The molecule has 1 aromatic heterocycles. The lowest BCUT2D eigenvalue weighted by Crippen LogP contribution is -1.86. The van der Waals surface area contributed by atoms with Gasteiger partial charge in [-0.1, -0.05) is 0 Å². The third-order valence-corrected chi connectivity index (χ3v) is 3.27. The zero-order valence-electron chi connectivity index (χ0n) is 11.9. The SMILES string of the molecule is O=[N+]([O-])c1ccc(N=Nc2c(O)[nH]c3ccc([N+](=O)[O-])cc23)cc1. The van der Waals surface area contributed by atoms with E-state index in [2.05, 4.69) is 15.2 Å². The van der Waals surface area contributed by atoms with Gasteiger partial charge in [0.1, 0.15) is 0 Å². The van der Waals surface area contributed by atoms with Crippen LogP contribution in [0.25, 0.3) is 10.9 Å². The number of aromatic nitrogens is 1. The first kappa shape index (κ1) is 15.1. The van der Waals surface area contributed by atoms with Gasteiger partial charge in [0, 0.05) is 29.7 Å². The minimum Gasteiger partial charge on any atom is -0.493 e. The Morgan fingerprint density at radius 3 is 2.17 bits per heavy atom. The number of hydrogen-bond donors (Lipinski definition) is 2. The van der Waals surface area contributed by atoms with Gasteiger partial charge >= 0.3 is 0 Å². The van der Waals surface area contributed by atoms with E-state index in [9.17, 15) is 25.3 Å². The van der Waals surface area contributed by atoms with Crippen LogP contribution in [0.5, 0.6) is 5.88 Å². The van der Waals surface area contributed by atoms with E-state index in [0.29, 0.717) is 16.6 Å². The van der Waals surface area contributed by atoms with Crippen LogP contribution in [-0.2, 0) is 0 Å². The summed E-state index contributed by atoms with van der Waals surface area (Å²) in [5.41, 5.74) is 0.621. The number of nitro benzene ring substituents is 2.